The lowest BCUT2D eigenvalue weighted by Gasteiger charge is -2.23. The molecule has 6 nitrogen and oxygen atoms in total. The molecule has 0 bridgehead atoms. The molecule has 1 fully saturated rings. The second kappa shape index (κ2) is 7.35. The number of para-hydroxylation sites is 1. The van der Waals surface area contributed by atoms with Gasteiger partial charge in [-0.15, -0.1) is 0 Å². The van der Waals surface area contributed by atoms with E-state index in [1.54, 1.807) is 0 Å². The molecule has 1 saturated carbocycles. The van der Waals surface area contributed by atoms with Gasteiger partial charge in [0, 0.05) is 25.7 Å². The molecule has 0 atom stereocenters. The van der Waals surface area contributed by atoms with Crippen molar-refractivity contribution in [3.8, 4) is 0 Å². The normalized spacial score (nSPS) is 15.2. The number of alkyl halides is 3. The number of benzene rings is 1. The van der Waals surface area contributed by atoms with Crippen LogP contribution >= 0.6 is 0 Å². The quantitative estimate of drug-likeness (QED) is 0.752. The minimum atomic E-state index is -4.44. The van der Waals surface area contributed by atoms with E-state index >= 15 is 0 Å². The number of hydrogen-bond donors (Lipinski definition) is 2. The maximum atomic E-state index is 13.4. The Balaban J connectivity index is 2.08. The molecule has 142 valence electrons. The molecule has 0 spiro atoms. The van der Waals surface area contributed by atoms with Crippen LogP contribution in [0.25, 0.3) is 0 Å². The molecule has 1 aromatic rings. The van der Waals surface area contributed by atoms with Crippen LogP contribution in [-0.4, -0.2) is 47.6 Å². The van der Waals surface area contributed by atoms with E-state index in [0.717, 1.165) is 4.90 Å². The zero-order chi connectivity index (χ0) is 19.5. The minimum Gasteiger partial charge on any atom is -0.481 e. The summed E-state index contributed by atoms with van der Waals surface area (Å²) < 4.78 is 40.1. The molecule has 0 unspecified atom stereocenters. The van der Waals surface area contributed by atoms with Gasteiger partial charge in [-0.2, -0.15) is 13.2 Å². The van der Waals surface area contributed by atoms with E-state index in [2.05, 4.69) is 5.32 Å². The lowest BCUT2D eigenvalue weighted by Crippen LogP contribution is -2.38. The minimum absolute atomic E-state index is 0.0420. The van der Waals surface area contributed by atoms with Gasteiger partial charge in [0.15, 0.2) is 0 Å². The van der Waals surface area contributed by atoms with Gasteiger partial charge in [0.2, 0.25) is 0 Å². The SMILES string of the molecule is CN(CCCC(=O)O)C(=O)C(=O)Nc1ccccc1C1(C(F)(F)F)CC1. The molecule has 2 rings (SSSR count). The van der Waals surface area contributed by atoms with Crippen LogP contribution < -0.4 is 5.32 Å². The molecule has 9 heteroatoms. The third kappa shape index (κ3) is 4.14. The number of hydrogen-bond acceptors (Lipinski definition) is 3. The summed E-state index contributed by atoms with van der Waals surface area (Å²) in [5.74, 6) is -3.03. The zero-order valence-corrected chi connectivity index (χ0v) is 14.1. The van der Waals surface area contributed by atoms with Crippen LogP contribution in [0.2, 0.25) is 0 Å². The average Bonchev–Trinajstić information content (AvgIpc) is 3.35. The van der Waals surface area contributed by atoms with Gasteiger partial charge in [0.05, 0.1) is 5.41 Å². The first-order chi connectivity index (χ1) is 12.1. The van der Waals surface area contributed by atoms with Gasteiger partial charge >= 0.3 is 24.0 Å². The Hall–Kier alpha value is -2.58. The second-order valence-corrected chi connectivity index (χ2v) is 6.30. The molecule has 2 amide bonds. The van der Waals surface area contributed by atoms with Gasteiger partial charge in [-0.1, -0.05) is 18.2 Å². The summed E-state index contributed by atoms with van der Waals surface area (Å²) in [4.78, 5) is 35.6. The predicted octanol–water partition coefficient (Wildman–Crippen LogP) is 2.54. The monoisotopic (exact) mass is 372 g/mol. The number of halogens is 3. The van der Waals surface area contributed by atoms with Crippen LogP contribution in [0, 0.1) is 0 Å². The highest BCUT2D eigenvalue weighted by Gasteiger charge is 2.64. The summed E-state index contributed by atoms with van der Waals surface area (Å²) >= 11 is 0. The highest BCUT2D eigenvalue weighted by atomic mass is 19.4. The Morgan fingerprint density at radius 1 is 1.23 bits per heavy atom. The molecule has 0 heterocycles. The highest BCUT2D eigenvalue weighted by Crippen LogP contribution is 2.60. The van der Waals surface area contributed by atoms with Gasteiger partial charge in [-0.25, -0.2) is 0 Å². The molecule has 0 aromatic heterocycles. The zero-order valence-electron chi connectivity index (χ0n) is 14.1. The molecular weight excluding hydrogens is 353 g/mol. The largest absolute Gasteiger partial charge is 0.481 e. The Morgan fingerprint density at radius 3 is 2.38 bits per heavy atom. The van der Waals surface area contributed by atoms with Crippen molar-refractivity contribution in [3.05, 3.63) is 29.8 Å². The maximum absolute atomic E-state index is 13.4. The Kier molecular flexibility index (Phi) is 5.58. The van der Waals surface area contributed by atoms with Crippen LogP contribution in [0.4, 0.5) is 18.9 Å². The van der Waals surface area contributed by atoms with Crippen LogP contribution in [0.1, 0.15) is 31.2 Å². The van der Waals surface area contributed by atoms with Gasteiger partial charge in [-0.05, 0) is 30.9 Å². The third-order valence-electron chi connectivity index (χ3n) is 4.41. The van der Waals surface area contributed by atoms with E-state index in [9.17, 15) is 27.6 Å². The number of rotatable bonds is 6. The van der Waals surface area contributed by atoms with Gasteiger partial charge < -0.3 is 15.3 Å². The number of amides is 2. The first kappa shape index (κ1) is 19.7. The number of anilines is 1. The molecule has 1 aliphatic carbocycles. The molecule has 2 N–H and O–H groups in total. The molecular formula is C17H19F3N2O4. The lowest BCUT2D eigenvalue weighted by atomic mass is 9.93. The first-order valence-electron chi connectivity index (χ1n) is 8.03. The average molecular weight is 372 g/mol. The number of carbonyl (C=O) groups is 3. The number of likely N-dealkylation sites (N-methyl/N-ethyl adjacent to an activating group) is 1. The van der Waals surface area contributed by atoms with Crippen molar-refractivity contribution in [2.75, 3.05) is 18.9 Å². The number of aliphatic carboxylic acids is 1. The summed E-state index contributed by atoms with van der Waals surface area (Å²) in [6.45, 7) is 0.0483. The number of carboxylic acid groups (broad SMARTS) is 1. The van der Waals surface area contributed by atoms with Crippen molar-refractivity contribution < 1.29 is 32.7 Å². The van der Waals surface area contributed by atoms with E-state index in [-0.39, 0.29) is 43.5 Å². The number of carboxylic acids is 1. The van der Waals surface area contributed by atoms with E-state index in [0.29, 0.717) is 0 Å². The predicted molar refractivity (Wildman–Crippen MR) is 86.5 cm³/mol. The topological polar surface area (TPSA) is 86.7 Å². The Morgan fingerprint density at radius 2 is 1.85 bits per heavy atom. The standard InChI is InChI=1S/C17H19F3N2O4/c1-22(10-4-7-13(23)24)15(26)14(25)21-12-6-3-2-5-11(12)16(8-9-16)17(18,19)20/h2-3,5-6H,4,7-10H2,1H3,(H,21,25)(H,23,24). The fraction of sp³-hybridized carbons (Fsp3) is 0.471. The summed E-state index contributed by atoms with van der Waals surface area (Å²) in [5.41, 5.74) is -2.07. The molecule has 0 saturated heterocycles. The summed E-state index contributed by atoms with van der Waals surface area (Å²) in [6, 6.07) is 5.57. The fourth-order valence-electron chi connectivity index (χ4n) is 2.76. The Labute approximate surface area is 148 Å². The van der Waals surface area contributed by atoms with Crippen molar-refractivity contribution in [1.29, 1.82) is 0 Å². The van der Waals surface area contributed by atoms with Crippen molar-refractivity contribution in [3.63, 3.8) is 0 Å². The summed E-state index contributed by atoms with van der Waals surface area (Å²) in [6.07, 6.45) is -4.56. The van der Waals surface area contributed by atoms with Gasteiger partial charge in [0.25, 0.3) is 0 Å². The number of nitrogens with one attached hydrogen (secondary N) is 1. The van der Waals surface area contributed by atoms with Crippen LogP contribution in [0.3, 0.4) is 0 Å². The summed E-state index contributed by atoms with van der Waals surface area (Å²) in [5, 5.41) is 10.8. The van der Waals surface area contributed by atoms with E-state index in [1.807, 2.05) is 0 Å². The van der Waals surface area contributed by atoms with E-state index in [4.69, 9.17) is 5.11 Å². The maximum Gasteiger partial charge on any atom is 0.398 e. The highest BCUT2D eigenvalue weighted by molar-refractivity contribution is 6.39. The molecule has 1 aromatic carbocycles. The second-order valence-electron chi connectivity index (χ2n) is 6.30. The van der Waals surface area contributed by atoms with E-state index in [1.165, 1.54) is 31.3 Å². The van der Waals surface area contributed by atoms with Crippen LogP contribution in [0.5, 0.6) is 0 Å². The number of carbonyl (C=O) groups excluding carboxylic acids is 2. The van der Waals surface area contributed by atoms with Crippen molar-refractivity contribution >= 4 is 23.5 Å². The van der Waals surface area contributed by atoms with Crippen molar-refractivity contribution in [2.45, 2.75) is 37.3 Å². The van der Waals surface area contributed by atoms with Crippen molar-refractivity contribution in [2.24, 2.45) is 0 Å². The van der Waals surface area contributed by atoms with Crippen LogP contribution in [-0.2, 0) is 19.8 Å². The van der Waals surface area contributed by atoms with Gasteiger partial charge in [0.1, 0.15) is 0 Å². The Bertz CT molecular complexity index is 714. The fourth-order valence-corrected chi connectivity index (χ4v) is 2.76. The summed E-state index contributed by atoms with van der Waals surface area (Å²) in [7, 11) is 1.33. The molecule has 26 heavy (non-hydrogen) atoms. The molecule has 1 aliphatic rings. The van der Waals surface area contributed by atoms with E-state index < -0.39 is 29.4 Å². The smallest absolute Gasteiger partial charge is 0.398 e. The first-order valence-corrected chi connectivity index (χ1v) is 8.03. The van der Waals surface area contributed by atoms with Crippen LogP contribution in [0.15, 0.2) is 24.3 Å². The number of nitrogens with zero attached hydrogens (tertiary/aromatic N) is 1. The third-order valence-corrected chi connectivity index (χ3v) is 4.41. The van der Waals surface area contributed by atoms with Crippen molar-refractivity contribution in [1.82, 2.24) is 4.90 Å². The lowest BCUT2D eigenvalue weighted by molar-refractivity contribution is -0.160. The van der Waals surface area contributed by atoms with Gasteiger partial charge in [-0.3, -0.25) is 14.4 Å². The molecule has 0 aliphatic heterocycles. The molecule has 0 radical (unpaired) electrons.